The lowest BCUT2D eigenvalue weighted by Crippen LogP contribution is -2.02. The van der Waals surface area contributed by atoms with Crippen LogP contribution in [0.25, 0.3) is 0 Å². The summed E-state index contributed by atoms with van der Waals surface area (Å²) in [6.07, 6.45) is 0.847. The van der Waals surface area contributed by atoms with E-state index in [9.17, 15) is 4.39 Å². The van der Waals surface area contributed by atoms with Gasteiger partial charge in [-0.3, -0.25) is 0 Å². The molecule has 0 aliphatic heterocycles. The Morgan fingerprint density at radius 3 is 2.41 bits per heavy atom. The van der Waals surface area contributed by atoms with Crippen molar-refractivity contribution in [3.05, 3.63) is 59.9 Å². The number of nitrogens with two attached hydrogens (primary N) is 1. The lowest BCUT2D eigenvalue weighted by molar-refractivity contribution is 0.476. The Labute approximate surface area is 99.8 Å². The van der Waals surface area contributed by atoms with E-state index in [0.717, 1.165) is 6.42 Å². The Morgan fingerprint density at radius 1 is 1.00 bits per heavy atom. The average Bonchev–Trinajstić information content (AvgIpc) is 2.32. The Bertz CT molecular complexity index is 482. The Kier molecular flexibility index (Phi) is 3.73. The second-order valence-corrected chi connectivity index (χ2v) is 3.74. The first-order valence-electron chi connectivity index (χ1n) is 5.50. The van der Waals surface area contributed by atoms with Gasteiger partial charge in [0.2, 0.25) is 0 Å². The van der Waals surface area contributed by atoms with Crippen molar-refractivity contribution in [1.82, 2.24) is 0 Å². The molecular formula is C14H14FNO. The van der Waals surface area contributed by atoms with E-state index in [1.54, 1.807) is 12.1 Å². The van der Waals surface area contributed by atoms with Gasteiger partial charge in [-0.25, -0.2) is 4.39 Å². The van der Waals surface area contributed by atoms with Crippen molar-refractivity contribution in [2.75, 3.05) is 6.54 Å². The molecule has 0 spiro atoms. The molecule has 88 valence electrons. The van der Waals surface area contributed by atoms with Gasteiger partial charge in [0.1, 0.15) is 17.3 Å². The normalized spacial score (nSPS) is 10.2. The molecule has 0 radical (unpaired) electrons. The van der Waals surface area contributed by atoms with Crippen LogP contribution < -0.4 is 10.5 Å². The van der Waals surface area contributed by atoms with Crippen LogP contribution in [0.4, 0.5) is 4.39 Å². The van der Waals surface area contributed by atoms with Gasteiger partial charge in [-0.05, 0) is 42.8 Å². The average molecular weight is 231 g/mol. The second kappa shape index (κ2) is 5.46. The molecule has 0 aliphatic rings. The molecule has 0 unspecified atom stereocenters. The monoisotopic (exact) mass is 231 g/mol. The maximum atomic E-state index is 12.9. The van der Waals surface area contributed by atoms with Crippen LogP contribution in [0.2, 0.25) is 0 Å². The van der Waals surface area contributed by atoms with Gasteiger partial charge < -0.3 is 10.5 Å². The molecule has 0 saturated heterocycles. The van der Waals surface area contributed by atoms with Crippen molar-refractivity contribution in [3.8, 4) is 11.5 Å². The highest BCUT2D eigenvalue weighted by Crippen LogP contribution is 2.22. The molecule has 2 aromatic rings. The largest absolute Gasteiger partial charge is 0.457 e. The third kappa shape index (κ3) is 3.29. The van der Waals surface area contributed by atoms with Crippen LogP contribution in [0, 0.1) is 5.82 Å². The van der Waals surface area contributed by atoms with Crippen LogP contribution in [0.3, 0.4) is 0 Å². The zero-order valence-corrected chi connectivity index (χ0v) is 9.40. The lowest BCUT2D eigenvalue weighted by Gasteiger charge is -2.06. The van der Waals surface area contributed by atoms with Crippen molar-refractivity contribution in [2.24, 2.45) is 5.73 Å². The number of benzene rings is 2. The van der Waals surface area contributed by atoms with Crippen molar-refractivity contribution in [3.63, 3.8) is 0 Å². The van der Waals surface area contributed by atoms with Crippen LogP contribution in [-0.2, 0) is 6.42 Å². The standard InChI is InChI=1S/C14H14FNO/c15-12-2-1-3-14(10-12)17-13-6-4-11(5-7-13)8-9-16/h1-7,10H,8-9,16H2. The molecule has 0 amide bonds. The van der Waals surface area contributed by atoms with Crippen LogP contribution in [0.15, 0.2) is 48.5 Å². The smallest absolute Gasteiger partial charge is 0.130 e. The van der Waals surface area contributed by atoms with Gasteiger partial charge in [-0.2, -0.15) is 0 Å². The molecule has 0 saturated carbocycles. The number of halogens is 1. The van der Waals surface area contributed by atoms with Gasteiger partial charge in [0.25, 0.3) is 0 Å². The fraction of sp³-hybridized carbons (Fsp3) is 0.143. The SMILES string of the molecule is NCCc1ccc(Oc2cccc(F)c2)cc1. The molecule has 0 bridgehead atoms. The van der Waals surface area contributed by atoms with Crippen molar-refractivity contribution in [1.29, 1.82) is 0 Å². The number of ether oxygens (including phenoxy) is 1. The summed E-state index contributed by atoms with van der Waals surface area (Å²) in [5.41, 5.74) is 6.63. The van der Waals surface area contributed by atoms with Gasteiger partial charge in [-0.1, -0.05) is 18.2 Å². The van der Waals surface area contributed by atoms with E-state index in [2.05, 4.69) is 0 Å². The van der Waals surface area contributed by atoms with Gasteiger partial charge in [0.15, 0.2) is 0 Å². The van der Waals surface area contributed by atoms with Gasteiger partial charge >= 0.3 is 0 Å². The van der Waals surface area contributed by atoms with E-state index < -0.39 is 0 Å². The minimum atomic E-state index is -0.303. The Balaban J connectivity index is 2.08. The van der Waals surface area contributed by atoms with Crippen LogP contribution in [0.1, 0.15) is 5.56 Å². The van der Waals surface area contributed by atoms with Crippen LogP contribution >= 0.6 is 0 Å². The summed E-state index contributed by atoms with van der Waals surface area (Å²) < 4.78 is 18.5. The summed E-state index contributed by atoms with van der Waals surface area (Å²) in [5.74, 6) is 0.884. The lowest BCUT2D eigenvalue weighted by atomic mass is 10.1. The first-order chi connectivity index (χ1) is 8.28. The molecule has 2 aromatic carbocycles. The maximum absolute atomic E-state index is 12.9. The van der Waals surface area contributed by atoms with E-state index >= 15 is 0 Å². The summed E-state index contributed by atoms with van der Waals surface area (Å²) in [6, 6.07) is 13.7. The zero-order valence-electron chi connectivity index (χ0n) is 9.40. The zero-order chi connectivity index (χ0) is 12.1. The maximum Gasteiger partial charge on any atom is 0.130 e. The predicted molar refractivity (Wildman–Crippen MR) is 65.7 cm³/mol. The summed E-state index contributed by atoms with van der Waals surface area (Å²) in [6.45, 7) is 0.629. The molecule has 0 heterocycles. The van der Waals surface area contributed by atoms with E-state index in [1.165, 1.54) is 17.7 Å². The third-order valence-corrected chi connectivity index (χ3v) is 2.39. The Morgan fingerprint density at radius 2 is 1.76 bits per heavy atom. The molecule has 2 nitrogen and oxygen atoms in total. The minimum Gasteiger partial charge on any atom is -0.457 e. The summed E-state index contributed by atoms with van der Waals surface area (Å²) in [7, 11) is 0. The van der Waals surface area contributed by atoms with Gasteiger partial charge in [0.05, 0.1) is 0 Å². The van der Waals surface area contributed by atoms with E-state index in [-0.39, 0.29) is 5.82 Å². The first kappa shape index (κ1) is 11.6. The molecule has 0 aromatic heterocycles. The quantitative estimate of drug-likeness (QED) is 0.877. The van der Waals surface area contributed by atoms with Gasteiger partial charge in [0, 0.05) is 6.07 Å². The van der Waals surface area contributed by atoms with E-state index in [1.807, 2.05) is 24.3 Å². The first-order valence-corrected chi connectivity index (χ1v) is 5.50. The molecule has 0 atom stereocenters. The molecular weight excluding hydrogens is 217 g/mol. The topological polar surface area (TPSA) is 35.2 Å². The fourth-order valence-corrected chi connectivity index (χ4v) is 1.56. The van der Waals surface area contributed by atoms with E-state index in [4.69, 9.17) is 10.5 Å². The van der Waals surface area contributed by atoms with Crippen LogP contribution in [-0.4, -0.2) is 6.54 Å². The molecule has 2 rings (SSSR count). The summed E-state index contributed by atoms with van der Waals surface area (Å²) in [4.78, 5) is 0. The molecule has 2 N–H and O–H groups in total. The molecule has 3 heteroatoms. The van der Waals surface area contributed by atoms with Gasteiger partial charge in [-0.15, -0.1) is 0 Å². The summed E-state index contributed by atoms with van der Waals surface area (Å²) >= 11 is 0. The minimum absolute atomic E-state index is 0.303. The van der Waals surface area contributed by atoms with Crippen molar-refractivity contribution < 1.29 is 9.13 Å². The van der Waals surface area contributed by atoms with Crippen molar-refractivity contribution >= 4 is 0 Å². The fourth-order valence-electron chi connectivity index (χ4n) is 1.56. The second-order valence-electron chi connectivity index (χ2n) is 3.74. The molecule has 0 aliphatic carbocycles. The third-order valence-electron chi connectivity index (χ3n) is 2.39. The Hall–Kier alpha value is -1.87. The number of rotatable bonds is 4. The highest BCUT2D eigenvalue weighted by atomic mass is 19.1. The molecule has 0 fully saturated rings. The number of hydrogen-bond donors (Lipinski definition) is 1. The van der Waals surface area contributed by atoms with Crippen molar-refractivity contribution in [2.45, 2.75) is 6.42 Å². The molecule has 17 heavy (non-hydrogen) atoms. The highest BCUT2D eigenvalue weighted by Gasteiger charge is 1.99. The highest BCUT2D eigenvalue weighted by molar-refractivity contribution is 5.33. The van der Waals surface area contributed by atoms with E-state index in [0.29, 0.717) is 18.0 Å². The predicted octanol–water partition coefficient (Wildman–Crippen LogP) is 3.12. The number of hydrogen-bond acceptors (Lipinski definition) is 2. The summed E-state index contributed by atoms with van der Waals surface area (Å²) in [5, 5.41) is 0. The van der Waals surface area contributed by atoms with Crippen LogP contribution in [0.5, 0.6) is 11.5 Å².